The van der Waals surface area contributed by atoms with Crippen molar-refractivity contribution in [3.8, 4) is 0 Å². The van der Waals surface area contributed by atoms with E-state index >= 15 is 0 Å². The number of fused-ring (bicyclic) bond motifs is 1. The summed E-state index contributed by atoms with van der Waals surface area (Å²) in [5.41, 5.74) is 6.19. The average Bonchev–Trinajstić information content (AvgIpc) is 3.03. The lowest BCUT2D eigenvalue weighted by molar-refractivity contribution is -0.113. The van der Waals surface area contributed by atoms with E-state index < -0.39 is 0 Å². The maximum Gasteiger partial charge on any atom is 0.193 e. The van der Waals surface area contributed by atoms with Crippen LogP contribution in [0.15, 0.2) is 42.2 Å². The molecule has 4 rings (SSSR count). The summed E-state index contributed by atoms with van der Waals surface area (Å²) in [6, 6.07) is 11.4. The van der Waals surface area contributed by atoms with Crippen molar-refractivity contribution in [2.75, 3.05) is 0 Å². The fraction of sp³-hybridized carbons (Fsp3) is 0.407. The molecule has 0 atom stereocenters. The fourth-order valence-corrected chi connectivity index (χ4v) is 4.88. The minimum absolute atomic E-state index is 0.00280. The number of aliphatic hydroxyl groups is 1. The molecule has 2 aliphatic rings. The van der Waals surface area contributed by atoms with Crippen LogP contribution in [0.3, 0.4) is 0 Å². The molecule has 2 aromatic carbocycles. The molecule has 0 heterocycles. The van der Waals surface area contributed by atoms with E-state index in [1.54, 1.807) is 24.3 Å². The van der Waals surface area contributed by atoms with Gasteiger partial charge >= 0.3 is 0 Å². The van der Waals surface area contributed by atoms with Crippen LogP contribution >= 0.6 is 0 Å². The first kappa shape index (κ1) is 20.6. The number of hydrogen-bond donors (Lipinski definition) is 1. The number of carbonyl (C=O) groups is 2. The maximum atomic E-state index is 13.4. The van der Waals surface area contributed by atoms with Crippen LogP contribution in [0.25, 0.3) is 5.57 Å². The number of benzene rings is 2. The maximum absolute atomic E-state index is 13.4. The normalized spacial score (nSPS) is 19.7. The number of aliphatic hydroxyl groups excluding tert-OH is 1. The van der Waals surface area contributed by atoms with Gasteiger partial charge < -0.3 is 5.11 Å². The number of rotatable bonds is 3. The van der Waals surface area contributed by atoms with Crippen molar-refractivity contribution in [3.05, 3.63) is 75.5 Å². The quantitative estimate of drug-likeness (QED) is 0.621. The molecule has 0 saturated heterocycles. The van der Waals surface area contributed by atoms with E-state index in [1.807, 2.05) is 6.92 Å². The fourth-order valence-electron chi connectivity index (χ4n) is 4.88. The number of Topliss-reactive ketones (excluding diaryl/α,β-unsaturated/α-hetero) is 1. The van der Waals surface area contributed by atoms with E-state index in [-0.39, 0.29) is 28.2 Å². The van der Waals surface area contributed by atoms with Gasteiger partial charge in [0.15, 0.2) is 11.6 Å². The van der Waals surface area contributed by atoms with Crippen molar-refractivity contribution < 1.29 is 14.7 Å². The summed E-state index contributed by atoms with van der Waals surface area (Å²) in [5, 5.41) is 10.0. The minimum Gasteiger partial charge on any atom is -0.512 e. The largest absolute Gasteiger partial charge is 0.512 e. The molecule has 0 aromatic heterocycles. The summed E-state index contributed by atoms with van der Waals surface area (Å²) in [6.45, 7) is 11.1. The van der Waals surface area contributed by atoms with Crippen LogP contribution < -0.4 is 0 Å². The van der Waals surface area contributed by atoms with Gasteiger partial charge in [-0.1, -0.05) is 58.0 Å². The number of hydrogen-bond acceptors (Lipinski definition) is 3. The second-order valence-corrected chi connectivity index (χ2v) is 10.1. The van der Waals surface area contributed by atoms with Crippen LogP contribution in [0, 0.1) is 6.92 Å². The van der Waals surface area contributed by atoms with Gasteiger partial charge in [-0.25, -0.2) is 0 Å². The molecule has 3 nitrogen and oxygen atoms in total. The SMILES string of the molecule is Cc1cc2c(cc1C(=O)c1ccc(C3=C(O)CCC3=O)cc1)C(C)(C)CCC2(C)C. The predicted molar refractivity (Wildman–Crippen MR) is 120 cm³/mol. The number of ketones is 2. The molecule has 3 heteroatoms. The molecule has 0 amide bonds. The topological polar surface area (TPSA) is 54.4 Å². The van der Waals surface area contributed by atoms with Gasteiger partial charge in [-0.15, -0.1) is 0 Å². The van der Waals surface area contributed by atoms with Crippen LogP contribution in [-0.4, -0.2) is 16.7 Å². The Morgan fingerprint density at radius 1 is 0.900 bits per heavy atom. The van der Waals surface area contributed by atoms with Gasteiger partial charge in [-0.2, -0.15) is 0 Å². The second kappa shape index (κ2) is 6.94. The summed E-state index contributed by atoms with van der Waals surface area (Å²) >= 11 is 0. The Morgan fingerprint density at radius 3 is 2.00 bits per heavy atom. The van der Waals surface area contributed by atoms with Crippen LogP contribution in [-0.2, 0) is 15.6 Å². The van der Waals surface area contributed by atoms with Gasteiger partial charge in [0.25, 0.3) is 0 Å². The molecule has 1 N–H and O–H groups in total. The highest BCUT2D eigenvalue weighted by molar-refractivity contribution is 6.23. The summed E-state index contributed by atoms with van der Waals surface area (Å²) in [5.74, 6) is 0.105. The van der Waals surface area contributed by atoms with Crippen molar-refractivity contribution in [1.82, 2.24) is 0 Å². The third kappa shape index (κ3) is 3.30. The van der Waals surface area contributed by atoms with E-state index in [0.29, 0.717) is 29.5 Å². The lowest BCUT2D eigenvalue weighted by atomic mass is 9.62. The van der Waals surface area contributed by atoms with Gasteiger partial charge in [0, 0.05) is 24.0 Å². The first-order valence-corrected chi connectivity index (χ1v) is 10.8. The van der Waals surface area contributed by atoms with Crippen LogP contribution in [0.2, 0.25) is 0 Å². The number of aryl methyl sites for hydroxylation is 1. The number of carbonyl (C=O) groups excluding carboxylic acids is 2. The molecule has 0 saturated carbocycles. The summed E-state index contributed by atoms with van der Waals surface area (Å²) in [6.07, 6.45) is 2.99. The zero-order valence-electron chi connectivity index (χ0n) is 18.6. The van der Waals surface area contributed by atoms with Crippen molar-refractivity contribution in [1.29, 1.82) is 0 Å². The van der Waals surface area contributed by atoms with Gasteiger partial charge in [-0.05, 0) is 58.9 Å². The van der Waals surface area contributed by atoms with Crippen LogP contribution in [0.5, 0.6) is 0 Å². The van der Waals surface area contributed by atoms with E-state index in [0.717, 1.165) is 24.0 Å². The number of allylic oxidation sites excluding steroid dienone is 2. The standard InChI is InChI=1S/C27H30O3/c1-16-14-20-21(27(4,5)13-12-26(20,2)3)15-19(16)25(30)18-8-6-17(7-9-18)24-22(28)10-11-23(24)29/h6-9,14-15,28H,10-13H2,1-5H3. The van der Waals surface area contributed by atoms with Gasteiger partial charge in [0.2, 0.25) is 0 Å². The molecule has 0 fully saturated rings. The van der Waals surface area contributed by atoms with E-state index in [2.05, 4.69) is 39.8 Å². The predicted octanol–water partition coefficient (Wildman–Crippen LogP) is 6.21. The van der Waals surface area contributed by atoms with E-state index in [4.69, 9.17) is 0 Å². The molecule has 0 bridgehead atoms. The molecule has 0 aliphatic heterocycles. The Kier molecular flexibility index (Phi) is 4.76. The van der Waals surface area contributed by atoms with Crippen molar-refractivity contribution in [3.63, 3.8) is 0 Å². The molecular formula is C27H30O3. The Labute approximate surface area is 178 Å². The molecular weight excluding hydrogens is 372 g/mol. The van der Waals surface area contributed by atoms with Gasteiger partial charge in [0.1, 0.15) is 5.76 Å². The third-order valence-electron chi connectivity index (χ3n) is 7.03. The zero-order chi connectivity index (χ0) is 21.8. The highest BCUT2D eigenvalue weighted by Crippen LogP contribution is 2.46. The third-order valence-corrected chi connectivity index (χ3v) is 7.03. The molecule has 2 aliphatic carbocycles. The summed E-state index contributed by atoms with van der Waals surface area (Å²) < 4.78 is 0. The highest BCUT2D eigenvalue weighted by atomic mass is 16.3. The highest BCUT2D eigenvalue weighted by Gasteiger charge is 2.38. The first-order chi connectivity index (χ1) is 14.0. The lowest BCUT2D eigenvalue weighted by Crippen LogP contribution is -2.34. The minimum atomic E-state index is -0.0399. The average molecular weight is 403 g/mol. The van der Waals surface area contributed by atoms with Crippen LogP contribution in [0.4, 0.5) is 0 Å². The molecule has 0 radical (unpaired) electrons. The lowest BCUT2D eigenvalue weighted by Gasteiger charge is -2.42. The molecule has 0 spiro atoms. The molecule has 0 unspecified atom stereocenters. The Morgan fingerprint density at radius 2 is 1.47 bits per heavy atom. The Bertz CT molecular complexity index is 1080. The summed E-state index contributed by atoms with van der Waals surface area (Å²) in [7, 11) is 0. The second-order valence-electron chi connectivity index (χ2n) is 10.1. The Balaban J connectivity index is 1.72. The van der Waals surface area contributed by atoms with Crippen molar-refractivity contribution in [2.45, 2.75) is 71.1 Å². The molecule has 30 heavy (non-hydrogen) atoms. The summed E-state index contributed by atoms with van der Waals surface area (Å²) in [4.78, 5) is 25.4. The molecule has 2 aromatic rings. The monoisotopic (exact) mass is 402 g/mol. The van der Waals surface area contributed by atoms with Crippen molar-refractivity contribution >= 4 is 17.1 Å². The smallest absolute Gasteiger partial charge is 0.193 e. The van der Waals surface area contributed by atoms with E-state index in [1.165, 1.54) is 11.1 Å². The first-order valence-electron chi connectivity index (χ1n) is 10.8. The Hall–Kier alpha value is -2.68. The molecule has 156 valence electrons. The van der Waals surface area contributed by atoms with Gasteiger partial charge in [0.05, 0.1) is 5.57 Å². The van der Waals surface area contributed by atoms with Crippen LogP contribution in [0.1, 0.15) is 91.6 Å². The van der Waals surface area contributed by atoms with Crippen molar-refractivity contribution in [2.24, 2.45) is 0 Å². The van der Waals surface area contributed by atoms with E-state index in [9.17, 15) is 14.7 Å². The van der Waals surface area contributed by atoms with Gasteiger partial charge in [-0.3, -0.25) is 9.59 Å². The zero-order valence-corrected chi connectivity index (χ0v) is 18.6.